The van der Waals surface area contributed by atoms with Crippen LogP contribution in [0.2, 0.25) is 0 Å². The van der Waals surface area contributed by atoms with Crippen molar-refractivity contribution in [3.05, 3.63) is 12.7 Å². The van der Waals surface area contributed by atoms with Crippen LogP contribution < -0.4 is 5.32 Å². The van der Waals surface area contributed by atoms with E-state index in [4.69, 9.17) is 0 Å². The summed E-state index contributed by atoms with van der Waals surface area (Å²) in [4.78, 5) is 2.39. The summed E-state index contributed by atoms with van der Waals surface area (Å²) in [7, 11) is 2.18. The Balaban J connectivity index is 2.23. The highest BCUT2D eigenvalue weighted by Gasteiger charge is 2.24. The maximum absolute atomic E-state index is 3.68. The molecule has 0 bridgehead atoms. The van der Waals surface area contributed by atoms with Gasteiger partial charge in [-0.2, -0.15) is 0 Å². The lowest BCUT2D eigenvalue weighted by molar-refractivity contribution is 0.327. The minimum Gasteiger partial charge on any atom is -0.309 e. The molecule has 0 aromatic rings. The zero-order valence-electron chi connectivity index (χ0n) is 7.51. The molecule has 1 heterocycles. The van der Waals surface area contributed by atoms with Crippen molar-refractivity contribution in [2.24, 2.45) is 0 Å². The number of nitrogens with zero attached hydrogens (tertiary/aromatic N) is 1. The first-order valence-corrected chi connectivity index (χ1v) is 4.28. The van der Waals surface area contributed by atoms with Gasteiger partial charge in [-0.05, 0) is 20.4 Å². The molecular formula is C9H18N2. The molecule has 11 heavy (non-hydrogen) atoms. The van der Waals surface area contributed by atoms with Gasteiger partial charge < -0.3 is 10.2 Å². The molecule has 0 amide bonds. The summed E-state index contributed by atoms with van der Waals surface area (Å²) in [6.45, 7) is 8.07. The highest BCUT2D eigenvalue weighted by molar-refractivity contribution is 4.86. The number of hydrogen-bond donors (Lipinski definition) is 1. The Morgan fingerprint density at radius 2 is 2.45 bits per heavy atom. The van der Waals surface area contributed by atoms with Gasteiger partial charge in [-0.25, -0.2) is 0 Å². The maximum atomic E-state index is 3.68. The second-order valence-electron chi connectivity index (χ2n) is 3.42. The van der Waals surface area contributed by atoms with E-state index in [1.165, 1.54) is 13.0 Å². The van der Waals surface area contributed by atoms with Crippen LogP contribution in [0.15, 0.2) is 12.7 Å². The molecule has 1 rings (SSSR count). The lowest BCUT2D eigenvalue weighted by atomic mass is 10.2. The van der Waals surface area contributed by atoms with Gasteiger partial charge in [0.05, 0.1) is 0 Å². The molecule has 2 nitrogen and oxygen atoms in total. The van der Waals surface area contributed by atoms with Gasteiger partial charge in [0, 0.05) is 25.2 Å². The van der Waals surface area contributed by atoms with Crippen LogP contribution in [0.25, 0.3) is 0 Å². The van der Waals surface area contributed by atoms with Crippen molar-refractivity contribution in [2.75, 3.05) is 20.1 Å². The van der Waals surface area contributed by atoms with Crippen LogP contribution in [0.3, 0.4) is 0 Å². The summed E-state index contributed by atoms with van der Waals surface area (Å²) in [5.74, 6) is 0. The monoisotopic (exact) mass is 154 g/mol. The molecular weight excluding hydrogens is 136 g/mol. The number of likely N-dealkylation sites (tertiary alicyclic amines) is 1. The molecule has 0 aromatic carbocycles. The molecule has 1 saturated heterocycles. The van der Waals surface area contributed by atoms with Crippen LogP contribution in [0, 0.1) is 0 Å². The van der Waals surface area contributed by atoms with Crippen molar-refractivity contribution in [1.29, 1.82) is 0 Å². The first-order valence-electron chi connectivity index (χ1n) is 4.28. The van der Waals surface area contributed by atoms with Gasteiger partial charge >= 0.3 is 0 Å². The van der Waals surface area contributed by atoms with Crippen LogP contribution in [0.5, 0.6) is 0 Å². The average Bonchev–Trinajstić information content (AvgIpc) is 2.28. The average molecular weight is 154 g/mol. The van der Waals surface area contributed by atoms with Crippen molar-refractivity contribution in [3.8, 4) is 0 Å². The van der Waals surface area contributed by atoms with E-state index in [9.17, 15) is 0 Å². The van der Waals surface area contributed by atoms with E-state index in [-0.39, 0.29) is 0 Å². The molecule has 0 spiro atoms. The van der Waals surface area contributed by atoms with Gasteiger partial charge in [0.2, 0.25) is 0 Å². The van der Waals surface area contributed by atoms with Crippen LogP contribution in [0.4, 0.5) is 0 Å². The second-order valence-corrected chi connectivity index (χ2v) is 3.42. The minimum absolute atomic E-state index is 0.674. The SMILES string of the molecule is C=CCNC1CC(C)N(C)C1. The summed E-state index contributed by atoms with van der Waals surface area (Å²) < 4.78 is 0. The smallest absolute Gasteiger partial charge is 0.0212 e. The lowest BCUT2D eigenvalue weighted by Crippen LogP contribution is -2.31. The summed E-state index contributed by atoms with van der Waals surface area (Å²) in [6.07, 6.45) is 3.19. The molecule has 0 radical (unpaired) electrons. The molecule has 64 valence electrons. The van der Waals surface area contributed by atoms with Gasteiger partial charge in [-0.3, -0.25) is 0 Å². The topological polar surface area (TPSA) is 15.3 Å². The predicted molar refractivity (Wildman–Crippen MR) is 48.7 cm³/mol. The van der Waals surface area contributed by atoms with E-state index < -0.39 is 0 Å². The molecule has 0 aliphatic carbocycles. The molecule has 1 fully saturated rings. The summed E-state index contributed by atoms with van der Waals surface area (Å²) >= 11 is 0. The largest absolute Gasteiger partial charge is 0.309 e. The van der Waals surface area contributed by atoms with Gasteiger partial charge in [0.15, 0.2) is 0 Å². The molecule has 1 aliphatic heterocycles. The van der Waals surface area contributed by atoms with E-state index in [1.54, 1.807) is 0 Å². The van der Waals surface area contributed by atoms with E-state index in [0.717, 1.165) is 12.6 Å². The zero-order valence-corrected chi connectivity index (χ0v) is 7.51. The van der Waals surface area contributed by atoms with E-state index in [0.29, 0.717) is 6.04 Å². The number of rotatable bonds is 3. The molecule has 0 saturated carbocycles. The maximum Gasteiger partial charge on any atom is 0.0212 e. The van der Waals surface area contributed by atoms with Crippen LogP contribution in [0.1, 0.15) is 13.3 Å². The molecule has 1 aliphatic rings. The standard InChI is InChI=1S/C9H18N2/c1-4-5-10-9-6-8(2)11(3)7-9/h4,8-10H,1,5-7H2,2-3H3. The number of likely N-dealkylation sites (N-methyl/N-ethyl adjacent to an activating group) is 1. The normalized spacial score (nSPS) is 32.5. The fourth-order valence-corrected chi connectivity index (χ4v) is 1.59. The predicted octanol–water partition coefficient (Wildman–Crippen LogP) is 0.855. The third-order valence-corrected chi connectivity index (χ3v) is 2.44. The summed E-state index contributed by atoms with van der Waals surface area (Å²) in [5, 5.41) is 3.43. The van der Waals surface area contributed by atoms with Gasteiger partial charge in [0.25, 0.3) is 0 Å². The Morgan fingerprint density at radius 3 is 2.91 bits per heavy atom. The molecule has 2 unspecified atom stereocenters. The first kappa shape index (κ1) is 8.75. The van der Waals surface area contributed by atoms with Crippen LogP contribution in [-0.2, 0) is 0 Å². The molecule has 1 N–H and O–H groups in total. The number of nitrogens with one attached hydrogen (secondary N) is 1. The second kappa shape index (κ2) is 3.88. The van der Waals surface area contributed by atoms with Gasteiger partial charge in [-0.15, -0.1) is 6.58 Å². The Bertz CT molecular complexity index is 124. The fourth-order valence-electron chi connectivity index (χ4n) is 1.59. The van der Waals surface area contributed by atoms with E-state index in [2.05, 4.69) is 30.8 Å². The highest BCUT2D eigenvalue weighted by atomic mass is 15.2. The third kappa shape index (κ3) is 2.31. The van der Waals surface area contributed by atoms with Crippen molar-refractivity contribution in [2.45, 2.75) is 25.4 Å². The fraction of sp³-hybridized carbons (Fsp3) is 0.778. The van der Waals surface area contributed by atoms with Crippen LogP contribution in [-0.4, -0.2) is 37.1 Å². The van der Waals surface area contributed by atoms with Crippen molar-refractivity contribution >= 4 is 0 Å². The van der Waals surface area contributed by atoms with Crippen molar-refractivity contribution < 1.29 is 0 Å². The van der Waals surface area contributed by atoms with Crippen molar-refractivity contribution in [1.82, 2.24) is 10.2 Å². The Hall–Kier alpha value is -0.340. The van der Waals surface area contributed by atoms with Crippen LogP contribution >= 0.6 is 0 Å². The third-order valence-electron chi connectivity index (χ3n) is 2.44. The molecule has 0 aromatic heterocycles. The van der Waals surface area contributed by atoms with E-state index >= 15 is 0 Å². The Morgan fingerprint density at radius 1 is 1.73 bits per heavy atom. The van der Waals surface area contributed by atoms with Gasteiger partial charge in [0.1, 0.15) is 0 Å². The molecule has 2 atom stereocenters. The summed E-state index contributed by atoms with van der Waals surface area (Å²) in [5.41, 5.74) is 0. The minimum atomic E-state index is 0.674. The quantitative estimate of drug-likeness (QED) is 0.606. The highest BCUT2D eigenvalue weighted by Crippen LogP contribution is 2.14. The lowest BCUT2D eigenvalue weighted by Gasteiger charge is -2.12. The van der Waals surface area contributed by atoms with E-state index in [1.807, 2.05) is 6.08 Å². The summed E-state index contributed by atoms with van der Waals surface area (Å²) in [6, 6.07) is 1.41. The van der Waals surface area contributed by atoms with Crippen molar-refractivity contribution in [3.63, 3.8) is 0 Å². The van der Waals surface area contributed by atoms with Gasteiger partial charge in [-0.1, -0.05) is 6.08 Å². The number of hydrogen-bond acceptors (Lipinski definition) is 2. The first-order chi connectivity index (χ1) is 5.24. The Labute approximate surface area is 69.3 Å². The Kier molecular flexibility index (Phi) is 3.09. The zero-order chi connectivity index (χ0) is 8.27. The molecule has 2 heteroatoms.